The van der Waals surface area contributed by atoms with Crippen molar-refractivity contribution in [3.8, 4) is 5.75 Å². The van der Waals surface area contributed by atoms with Crippen LogP contribution in [0.4, 0.5) is 18.3 Å². The van der Waals surface area contributed by atoms with E-state index in [1.807, 2.05) is 35.9 Å². The molecular formula is C23H21F3N4O2S. The zero-order valence-electron chi connectivity index (χ0n) is 17.7. The largest absolute Gasteiger partial charge is 0.494 e. The van der Waals surface area contributed by atoms with Crippen LogP contribution in [0.1, 0.15) is 29.3 Å². The molecule has 0 bridgehead atoms. The lowest BCUT2D eigenvalue weighted by molar-refractivity contribution is -0.137. The highest BCUT2D eigenvalue weighted by Gasteiger charge is 2.30. The molecular weight excluding hydrogens is 453 g/mol. The third kappa shape index (κ3) is 5.33. The number of benzene rings is 2. The third-order valence-corrected chi connectivity index (χ3v) is 5.99. The molecule has 0 aliphatic carbocycles. The topological polar surface area (TPSA) is 60.2 Å². The number of imidazole rings is 1. The van der Waals surface area contributed by atoms with Crippen molar-refractivity contribution in [3.63, 3.8) is 0 Å². The van der Waals surface area contributed by atoms with Crippen molar-refractivity contribution in [2.24, 2.45) is 0 Å². The Bertz CT molecular complexity index is 1220. The van der Waals surface area contributed by atoms with E-state index >= 15 is 0 Å². The predicted molar refractivity (Wildman–Crippen MR) is 121 cm³/mol. The van der Waals surface area contributed by atoms with Crippen molar-refractivity contribution in [1.29, 1.82) is 0 Å². The molecule has 2 aromatic heterocycles. The number of fused-ring (bicyclic) bond motifs is 1. The maximum absolute atomic E-state index is 13.3. The molecule has 0 spiro atoms. The third-order valence-electron chi connectivity index (χ3n) is 4.95. The first-order chi connectivity index (χ1) is 15.8. The van der Waals surface area contributed by atoms with Crippen LogP contribution in [0, 0.1) is 0 Å². The Morgan fingerprint density at radius 2 is 1.97 bits per heavy atom. The Hall–Kier alpha value is -3.40. The van der Waals surface area contributed by atoms with Gasteiger partial charge in [-0.05, 0) is 55.8 Å². The van der Waals surface area contributed by atoms with Gasteiger partial charge in [-0.15, -0.1) is 0 Å². The Morgan fingerprint density at radius 1 is 1.18 bits per heavy atom. The van der Waals surface area contributed by atoms with Crippen LogP contribution in [-0.4, -0.2) is 33.6 Å². The summed E-state index contributed by atoms with van der Waals surface area (Å²) in [5.74, 6) is 0.305. The second kappa shape index (κ2) is 9.62. The van der Waals surface area contributed by atoms with Crippen molar-refractivity contribution in [2.45, 2.75) is 26.1 Å². The van der Waals surface area contributed by atoms with Crippen LogP contribution in [0.15, 0.2) is 61.2 Å². The lowest BCUT2D eigenvalue weighted by Crippen LogP contribution is -2.32. The van der Waals surface area contributed by atoms with Gasteiger partial charge in [0.15, 0.2) is 5.13 Å². The number of nitrogens with zero attached hydrogens (tertiary/aromatic N) is 4. The molecule has 33 heavy (non-hydrogen) atoms. The van der Waals surface area contributed by atoms with Crippen LogP contribution in [-0.2, 0) is 12.7 Å². The van der Waals surface area contributed by atoms with Crippen LogP contribution in [0.25, 0.3) is 10.2 Å². The first-order valence-electron chi connectivity index (χ1n) is 10.3. The molecule has 0 radical (unpaired) electrons. The van der Waals surface area contributed by atoms with Gasteiger partial charge in [0.2, 0.25) is 0 Å². The zero-order valence-corrected chi connectivity index (χ0v) is 18.6. The van der Waals surface area contributed by atoms with E-state index < -0.39 is 17.6 Å². The van der Waals surface area contributed by atoms with Gasteiger partial charge in [0.05, 0.1) is 28.7 Å². The summed E-state index contributed by atoms with van der Waals surface area (Å²) in [7, 11) is 0. The number of aromatic nitrogens is 3. The number of carbonyl (C=O) groups excluding carboxylic acids is 1. The summed E-state index contributed by atoms with van der Waals surface area (Å²) in [5, 5.41) is 0.481. The fourth-order valence-electron chi connectivity index (χ4n) is 3.34. The summed E-state index contributed by atoms with van der Waals surface area (Å²) in [5.41, 5.74) is 0.0901. The Morgan fingerprint density at radius 3 is 2.64 bits per heavy atom. The van der Waals surface area contributed by atoms with Gasteiger partial charge in [0.25, 0.3) is 5.91 Å². The highest BCUT2D eigenvalue weighted by molar-refractivity contribution is 7.22. The highest BCUT2D eigenvalue weighted by Crippen LogP contribution is 2.33. The molecule has 4 aromatic rings. The molecule has 10 heteroatoms. The van der Waals surface area contributed by atoms with E-state index in [0.29, 0.717) is 37.0 Å². The number of anilines is 1. The number of rotatable bonds is 8. The molecule has 0 N–H and O–H groups in total. The van der Waals surface area contributed by atoms with Crippen LogP contribution in [0.5, 0.6) is 5.75 Å². The van der Waals surface area contributed by atoms with Crippen molar-refractivity contribution in [2.75, 3.05) is 18.1 Å². The normalized spacial score (nSPS) is 11.6. The molecule has 0 aliphatic heterocycles. The van der Waals surface area contributed by atoms with Gasteiger partial charge in [0.1, 0.15) is 5.75 Å². The molecule has 6 nitrogen and oxygen atoms in total. The minimum atomic E-state index is -4.46. The van der Waals surface area contributed by atoms with Gasteiger partial charge in [-0.3, -0.25) is 9.69 Å². The molecule has 0 saturated heterocycles. The van der Waals surface area contributed by atoms with Gasteiger partial charge in [-0.25, -0.2) is 9.97 Å². The van der Waals surface area contributed by atoms with Crippen molar-refractivity contribution in [3.05, 3.63) is 72.3 Å². The van der Waals surface area contributed by atoms with Gasteiger partial charge in [-0.2, -0.15) is 13.2 Å². The van der Waals surface area contributed by atoms with Crippen molar-refractivity contribution in [1.82, 2.24) is 14.5 Å². The van der Waals surface area contributed by atoms with Gasteiger partial charge < -0.3 is 9.30 Å². The van der Waals surface area contributed by atoms with Crippen molar-refractivity contribution < 1.29 is 22.7 Å². The van der Waals surface area contributed by atoms with Crippen LogP contribution >= 0.6 is 11.3 Å². The number of hydrogen-bond donors (Lipinski definition) is 0. The summed E-state index contributed by atoms with van der Waals surface area (Å²) < 4.78 is 47.1. The summed E-state index contributed by atoms with van der Waals surface area (Å²) in [4.78, 5) is 23.4. The summed E-state index contributed by atoms with van der Waals surface area (Å²) in [6.45, 7) is 3.41. The Labute approximate surface area is 192 Å². The molecule has 172 valence electrons. The van der Waals surface area contributed by atoms with Crippen LogP contribution < -0.4 is 9.64 Å². The monoisotopic (exact) mass is 474 g/mol. The SMILES string of the molecule is CCOc1ccc2nc(N(CCCn3ccnc3)C(=O)c3ccc(C(F)(F)F)cc3)sc2c1. The van der Waals surface area contributed by atoms with E-state index in [4.69, 9.17) is 4.74 Å². The molecule has 0 atom stereocenters. The first kappa shape index (κ1) is 22.8. The minimum absolute atomic E-state index is 0.167. The fourth-order valence-corrected chi connectivity index (χ4v) is 4.36. The summed E-state index contributed by atoms with van der Waals surface area (Å²) in [6.07, 6.45) is 1.35. The lowest BCUT2D eigenvalue weighted by Gasteiger charge is -2.20. The maximum Gasteiger partial charge on any atom is 0.416 e. The molecule has 0 saturated carbocycles. The van der Waals surface area contributed by atoms with Crippen LogP contribution in [0.3, 0.4) is 0 Å². The first-order valence-corrected chi connectivity index (χ1v) is 11.1. The van der Waals surface area contributed by atoms with Gasteiger partial charge >= 0.3 is 6.18 Å². The van der Waals surface area contributed by atoms with Crippen molar-refractivity contribution >= 4 is 32.6 Å². The Balaban J connectivity index is 1.62. The zero-order chi connectivity index (χ0) is 23.4. The molecule has 4 rings (SSSR count). The number of carbonyl (C=O) groups is 1. The average molecular weight is 475 g/mol. The van der Waals surface area contributed by atoms with Crippen LogP contribution in [0.2, 0.25) is 0 Å². The molecule has 0 aliphatic rings. The summed E-state index contributed by atoms with van der Waals surface area (Å²) >= 11 is 1.34. The number of thiazole rings is 1. The second-order valence-electron chi connectivity index (χ2n) is 7.24. The standard InChI is InChI=1S/C23H21F3N4O2S/c1-2-32-18-8-9-19-20(14-18)33-22(28-19)30(12-3-11-29-13-10-27-15-29)21(31)16-4-6-17(7-5-16)23(24,25)26/h4-10,13-15H,2-3,11-12H2,1H3. The molecule has 1 amide bonds. The van der Waals surface area contributed by atoms with E-state index in [2.05, 4.69) is 9.97 Å². The highest BCUT2D eigenvalue weighted by atomic mass is 32.1. The molecule has 2 aromatic carbocycles. The number of ether oxygens (including phenoxy) is 1. The van der Waals surface area contributed by atoms with E-state index in [-0.39, 0.29) is 5.56 Å². The number of alkyl halides is 3. The number of amides is 1. The van der Waals surface area contributed by atoms with E-state index in [9.17, 15) is 18.0 Å². The summed E-state index contributed by atoms with van der Waals surface area (Å²) in [6, 6.07) is 9.76. The smallest absolute Gasteiger partial charge is 0.416 e. The lowest BCUT2D eigenvalue weighted by atomic mass is 10.1. The number of aryl methyl sites for hydroxylation is 1. The number of hydrogen-bond acceptors (Lipinski definition) is 5. The van der Waals surface area contributed by atoms with E-state index in [1.54, 1.807) is 12.5 Å². The molecule has 2 heterocycles. The van der Waals surface area contributed by atoms with Gasteiger partial charge in [0, 0.05) is 31.0 Å². The quantitative estimate of drug-likeness (QED) is 0.331. The predicted octanol–water partition coefficient (Wildman–Crippen LogP) is 5.65. The minimum Gasteiger partial charge on any atom is -0.494 e. The van der Waals surface area contributed by atoms with E-state index in [1.165, 1.54) is 28.4 Å². The second-order valence-corrected chi connectivity index (χ2v) is 8.25. The molecule has 0 unspecified atom stereocenters. The fraction of sp³-hybridized carbons (Fsp3) is 0.261. The number of halogens is 3. The Kier molecular flexibility index (Phi) is 6.64. The van der Waals surface area contributed by atoms with E-state index in [0.717, 1.165) is 22.3 Å². The van der Waals surface area contributed by atoms with Gasteiger partial charge in [-0.1, -0.05) is 11.3 Å². The molecule has 0 fully saturated rings. The maximum atomic E-state index is 13.3. The average Bonchev–Trinajstić information content (AvgIpc) is 3.45.